The number of hydrogen-bond acceptors (Lipinski definition) is 4. The summed E-state index contributed by atoms with van der Waals surface area (Å²) >= 11 is 0. The number of aryl methyl sites for hydroxylation is 1. The second-order valence-electron chi connectivity index (χ2n) is 7.17. The van der Waals surface area contributed by atoms with E-state index in [1.54, 1.807) is 4.90 Å². The number of aliphatic hydroxyl groups excluding tert-OH is 1. The number of likely N-dealkylation sites (tertiary alicyclic amines) is 1. The van der Waals surface area contributed by atoms with Gasteiger partial charge in [0, 0.05) is 6.42 Å². The minimum Gasteiger partial charge on any atom is -0.481 e. The Morgan fingerprint density at radius 3 is 2.42 bits per heavy atom. The molecule has 1 aromatic rings. The van der Waals surface area contributed by atoms with Crippen LogP contribution in [0.15, 0.2) is 24.3 Å². The highest BCUT2D eigenvalue weighted by Gasteiger charge is 2.37. The monoisotopic (exact) mass is 335 g/mol. The number of carbonyl (C=O) groups is 2. The summed E-state index contributed by atoms with van der Waals surface area (Å²) in [6.07, 6.45) is 0.0194. The third-order valence-electron chi connectivity index (χ3n) is 3.90. The van der Waals surface area contributed by atoms with Gasteiger partial charge in [0.15, 0.2) is 0 Å². The number of amides is 1. The van der Waals surface area contributed by atoms with Crippen molar-refractivity contribution in [3.63, 3.8) is 0 Å². The van der Waals surface area contributed by atoms with Crippen molar-refractivity contribution < 1.29 is 24.5 Å². The molecule has 1 aromatic carbocycles. The lowest BCUT2D eigenvalue weighted by Gasteiger charge is -2.28. The van der Waals surface area contributed by atoms with Crippen LogP contribution in [0.5, 0.6) is 0 Å². The van der Waals surface area contributed by atoms with Crippen molar-refractivity contribution in [1.82, 2.24) is 4.90 Å². The number of rotatable bonds is 4. The fourth-order valence-electron chi connectivity index (χ4n) is 2.81. The van der Waals surface area contributed by atoms with Crippen LogP contribution in [0.4, 0.5) is 4.79 Å². The molecule has 2 rings (SSSR count). The van der Waals surface area contributed by atoms with E-state index in [0.717, 1.165) is 11.1 Å². The fourth-order valence-corrected chi connectivity index (χ4v) is 2.81. The van der Waals surface area contributed by atoms with Gasteiger partial charge < -0.3 is 14.9 Å². The normalized spacial score (nSPS) is 20.9. The summed E-state index contributed by atoms with van der Waals surface area (Å²) in [7, 11) is 0. The van der Waals surface area contributed by atoms with E-state index in [1.807, 2.05) is 45.0 Å². The van der Waals surface area contributed by atoms with Crippen LogP contribution >= 0.6 is 0 Å². The summed E-state index contributed by atoms with van der Waals surface area (Å²) in [6.45, 7) is 5.68. The van der Waals surface area contributed by atoms with Crippen molar-refractivity contribution in [1.29, 1.82) is 0 Å². The summed E-state index contributed by atoms with van der Waals surface area (Å²) in [5.74, 6) is -0.825. The Bertz CT molecular complexity index is 590. The molecular weight excluding hydrogens is 310 g/mol. The van der Waals surface area contributed by atoms with Gasteiger partial charge in [0.25, 0.3) is 0 Å². The number of aliphatic hydroxyl groups is 1. The Labute approximate surface area is 142 Å². The summed E-state index contributed by atoms with van der Waals surface area (Å²) in [6, 6.07) is 7.28. The molecule has 6 nitrogen and oxygen atoms in total. The lowest BCUT2D eigenvalue weighted by molar-refractivity contribution is -0.136. The summed E-state index contributed by atoms with van der Waals surface area (Å²) in [5, 5.41) is 18.7. The Kier molecular flexibility index (Phi) is 5.49. The van der Waals surface area contributed by atoms with E-state index < -0.39 is 23.8 Å². The molecule has 24 heavy (non-hydrogen) atoms. The maximum Gasteiger partial charge on any atom is 0.410 e. The van der Waals surface area contributed by atoms with Crippen LogP contribution in [0.3, 0.4) is 0 Å². The molecule has 0 saturated carbocycles. The molecule has 0 radical (unpaired) electrons. The number of carboxylic acids is 1. The van der Waals surface area contributed by atoms with Crippen molar-refractivity contribution in [2.24, 2.45) is 0 Å². The van der Waals surface area contributed by atoms with Gasteiger partial charge in [-0.05, 0) is 44.7 Å². The van der Waals surface area contributed by atoms with Crippen LogP contribution < -0.4 is 0 Å². The maximum absolute atomic E-state index is 12.4. The molecule has 2 atom stereocenters. The Balaban J connectivity index is 2.10. The van der Waals surface area contributed by atoms with Crippen molar-refractivity contribution in [2.45, 2.75) is 57.8 Å². The highest BCUT2D eigenvalue weighted by Crippen LogP contribution is 2.33. The van der Waals surface area contributed by atoms with E-state index >= 15 is 0 Å². The Morgan fingerprint density at radius 2 is 1.88 bits per heavy atom. The molecule has 2 N–H and O–H groups in total. The van der Waals surface area contributed by atoms with Crippen molar-refractivity contribution >= 4 is 12.1 Å². The highest BCUT2D eigenvalue weighted by molar-refractivity contribution is 5.69. The Hall–Kier alpha value is -2.08. The Morgan fingerprint density at radius 1 is 1.25 bits per heavy atom. The number of benzene rings is 1. The molecule has 1 amide bonds. The smallest absolute Gasteiger partial charge is 0.410 e. The van der Waals surface area contributed by atoms with Gasteiger partial charge in [0.1, 0.15) is 5.60 Å². The molecule has 1 aliphatic rings. The predicted octanol–water partition coefficient (Wildman–Crippen LogP) is 2.75. The van der Waals surface area contributed by atoms with Gasteiger partial charge in [-0.1, -0.05) is 24.3 Å². The number of carbonyl (C=O) groups excluding carboxylic acids is 1. The second-order valence-corrected chi connectivity index (χ2v) is 7.17. The molecule has 1 heterocycles. The van der Waals surface area contributed by atoms with Crippen LogP contribution in [0, 0.1) is 0 Å². The lowest BCUT2D eigenvalue weighted by Crippen LogP contribution is -2.37. The molecule has 1 fully saturated rings. The number of hydrogen-bond donors (Lipinski definition) is 2. The van der Waals surface area contributed by atoms with Gasteiger partial charge in [-0.25, -0.2) is 4.79 Å². The molecule has 1 saturated heterocycles. The molecule has 0 aliphatic carbocycles. The van der Waals surface area contributed by atoms with E-state index in [2.05, 4.69) is 0 Å². The zero-order valence-corrected chi connectivity index (χ0v) is 14.4. The lowest BCUT2D eigenvalue weighted by atomic mass is 10.0. The molecule has 0 bridgehead atoms. The zero-order valence-electron chi connectivity index (χ0n) is 14.4. The summed E-state index contributed by atoms with van der Waals surface area (Å²) < 4.78 is 5.42. The largest absolute Gasteiger partial charge is 0.481 e. The van der Waals surface area contributed by atoms with E-state index in [0.29, 0.717) is 12.8 Å². The van der Waals surface area contributed by atoms with Crippen LogP contribution in [0.1, 0.15) is 50.8 Å². The minimum atomic E-state index is -0.825. The van der Waals surface area contributed by atoms with Crippen LogP contribution in [-0.2, 0) is 16.0 Å². The minimum absolute atomic E-state index is 0.0888. The van der Waals surface area contributed by atoms with Crippen molar-refractivity contribution in [3.8, 4) is 0 Å². The van der Waals surface area contributed by atoms with Gasteiger partial charge in [-0.3, -0.25) is 9.69 Å². The molecule has 0 spiro atoms. The van der Waals surface area contributed by atoms with Crippen LogP contribution in [0.2, 0.25) is 0 Å². The third-order valence-corrected chi connectivity index (χ3v) is 3.90. The van der Waals surface area contributed by atoms with E-state index in [-0.39, 0.29) is 19.0 Å². The number of ether oxygens (including phenoxy) is 1. The number of β-amino-alcohol motifs (C(OH)–C–C–N with tert-alkyl or cyclic N) is 1. The number of nitrogens with zero attached hydrogens (tertiary/aromatic N) is 1. The van der Waals surface area contributed by atoms with Gasteiger partial charge in [0.05, 0.1) is 18.7 Å². The number of carboxylic acid groups (broad SMARTS) is 1. The first-order valence-corrected chi connectivity index (χ1v) is 8.14. The van der Waals surface area contributed by atoms with Crippen LogP contribution in [0.25, 0.3) is 0 Å². The molecule has 6 heteroatoms. The second kappa shape index (κ2) is 7.21. The first-order chi connectivity index (χ1) is 11.2. The quantitative estimate of drug-likeness (QED) is 0.883. The van der Waals surface area contributed by atoms with Gasteiger partial charge in [-0.2, -0.15) is 0 Å². The van der Waals surface area contributed by atoms with E-state index in [1.165, 1.54) is 0 Å². The number of aliphatic carboxylic acids is 1. The topological polar surface area (TPSA) is 87.1 Å². The molecule has 1 aliphatic heterocycles. The molecule has 0 unspecified atom stereocenters. The average Bonchev–Trinajstić information content (AvgIpc) is 2.86. The SMILES string of the molecule is CC(C)(C)OC(=O)N1C[C@H](O)C[C@@H]1c1ccc(CCC(=O)O)cc1. The zero-order chi connectivity index (χ0) is 17.9. The first kappa shape index (κ1) is 18.3. The van der Waals surface area contributed by atoms with Crippen molar-refractivity contribution in [2.75, 3.05) is 6.54 Å². The average molecular weight is 335 g/mol. The summed E-state index contributed by atoms with van der Waals surface area (Å²) in [5.41, 5.74) is 1.26. The van der Waals surface area contributed by atoms with Crippen molar-refractivity contribution in [3.05, 3.63) is 35.4 Å². The van der Waals surface area contributed by atoms with Gasteiger partial charge in [0.2, 0.25) is 0 Å². The highest BCUT2D eigenvalue weighted by atomic mass is 16.6. The first-order valence-electron chi connectivity index (χ1n) is 8.14. The maximum atomic E-state index is 12.4. The van der Waals surface area contributed by atoms with Crippen LogP contribution in [-0.4, -0.2) is 45.4 Å². The predicted molar refractivity (Wildman–Crippen MR) is 88.7 cm³/mol. The van der Waals surface area contributed by atoms with E-state index in [9.17, 15) is 14.7 Å². The van der Waals surface area contributed by atoms with Gasteiger partial charge >= 0.3 is 12.1 Å². The summed E-state index contributed by atoms with van der Waals surface area (Å²) in [4.78, 5) is 24.6. The molecule has 0 aromatic heterocycles. The fraction of sp³-hybridized carbons (Fsp3) is 0.556. The standard InChI is InChI=1S/C18H25NO5/c1-18(2,3)24-17(23)19-11-14(20)10-15(19)13-7-4-12(5-8-13)6-9-16(21)22/h4-5,7-8,14-15,20H,6,9-11H2,1-3H3,(H,21,22)/t14-,15-/m1/s1. The van der Waals surface area contributed by atoms with Gasteiger partial charge in [-0.15, -0.1) is 0 Å². The molecular formula is C18H25NO5. The third kappa shape index (κ3) is 4.96. The molecule has 132 valence electrons. The van der Waals surface area contributed by atoms with E-state index in [4.69, 9.17) is 9.84 Å².